The first kappa shape index (κ1) is 21.9. The fourth-order valence-corrected chi connectivity index (χ4v) is 2.20. The Hall–Kier alpha value is -2.16. The minimum atomic E-state index is 0. The Morgan fingerprint density at radius 3 is 2.38 bits per heavy atom. The van der Waals surface area contributed by atoms with Crippen molar-refractivity contribution in [1.29, 1.82) is 0 Å². The van der Waals surface area contributed by atoms with Crippen molar-refractivity contribution in [2.45, 2.75) is 6.92 Å². The van der Waals surface area contributed by atoms with Crippen molar-refractivity contribution >= 4 is 35.6 Å². The number of nitrogens with zero attached hydrogens (tertiary/aromatic N) is 1. The Balaban J connectivity index is 0.00000338. The van der Waals surface area contributed by atoms with E-state index in [0.29, 0.717) is 30.6 Å². The normalized spacial score (nSPS) is 10.5. The van der Waals surface area contributed by atoms with Gasteiger partial charge in [-0.25, -0.2) is 4.99 Å². The van der Waals surface area contributed by atoms with Crippen molar-refractivity contribution in [3.05, 3.63) is 48.5 Å². The molecule has 26 heavy (non-hydrogen) atoms. The molecule has 0 bridgehead atoms. The Morgan fingerprint density at radius 1 is 1.00 bits per heavy atom. The highest BCUT2D eigenvalue weighted by atomic mass is 127. The smallest absolute Gasteiger partial charge is 0.195 e. The van der Waals surface area contributed by atoms with Crippen LogP contribution in [-0.4, -0.2) is 39.9 Å². The van der Waals surface area contributed by atoms with Gasteiger partial charge in [0.25, 0.3) is 0 Å². The van der Waals surface area contributed by atoms with Crippen molar-refractivity contribution < 1.29 is 14.2 Å². The predicted octanol–water partition coefficient (Wildman–Crippen LogP) is 3.78. The third-order valence-corrected chi connectivity index (χ3v) is 3.36. The maximum atomic E-state index is 5.65. The molecule has 0 saturated carbocycles. The standard InChI is InChI=1S/C19H25N3O3.HI/c1-4-20-19(21-12-13-25-16-8-6-5-7-9-16)22-15-10-11-17(23-2)18(14-15)24-3;/h5-11,14H,4,12-13H2,1-3H3,(H2,20,21,22);1H. The van der Waals surface area contributed by atoms with Gasteiger partial charge in [-0.2, -0.15) is 0 Å². The number of nitrogens with one attached hydrogen (secondary N) is 2. The van der Waals surface area contributed by atoms with Gasteiger partial charge in [-0.05, 0) is 31.2 Å². The molecule has 0 aliphatic heterocycles. The zero-order valence-electron chi connectivity index (χ0n) is 15.3. The summed E-state index contributed by atoms with van der Waals surface area (Å²) in [5.74, 6) is 2.88. The average Bonchev–Trinajstić information content (AvgIpc) is 2.66. The highest BCUT2D eigenvalue weighted by molar-refractivity contribution is 14.0. The first-order valence-corrected chi connectivity index (χ1v) is 8.22. The molecule has 0 spiro atoms. The van der Waals surface area contributed by atoms with Crippen LogP contribution in [0.1, 0.15) is 6.92 Å². The fourth-order valence-electron chi connectivity index (χ4n) is 2.20. The second kappa shape index (κ2) is 12.2. The van der Waals surface area contributed by atoms with E-state index in [1.54, 1.807) is 14.2 Å². The molecule has 2 rings (SSSR count). The molecule has 7 heteroatoms. The van der Waals surface area contributed by atoms with Crippen LogP contribution < -0.4 is 24.8 Å². The van der Waals surface area contributed by atoms with E-state index >= 15 is 0 Å². The second-order valence-electron chi connectivity index (χ2n) is 5.12. The summed E-state index contributed by atoms with van der Waals surface area (Å²) in [5, 5.41) is 6.46. The second-order valence-corrected chi connectivity index (χ2v) is 5.12. The SMILES string of the molecule is CCNC(=NCCOc1ccccc1)Nc1ccc(OC)c(OC)c1.I. The minimum Gasteiger partial charge on any atom is -0.493 e. The van der Waals surface area contributed by atoms with E-state index < -0.39 is 0 Å². The van der Waals surface area contributed by atoms with Gasteiger partial charge in [0.1, 0.15) is 12.4 Å². The van der Waals surface area contributed by atoms with Crippen molar-refractivity contribution in [3.8, 4) is 17.2 Å². The molecule has 6 nitrogen and oxygen atoms in total. The van der Waals surface area contributed by atoms with Crippen molar-refractivity contribution in [2.75, 3.05) is 39.2 Å². The molecule has 0 fully saturated rings. The summed E-state index contributed by atoms with van der Waals surface area (Å²) < 4.78 is 16.2. The van der Waals surface area contributed by atoms with Crippen LogP contribution in [0.5, 0.6) is 17.2 Å². The number of para-hydroxylation sites is 1. The van der Waals surface area contributed by atoms with E-state index in [4.69, 9.17) is 14.2 Å². The number of halogens is 1. The zero-order chi connectivity index (χ0) is 17.9. The van der Waals surface area contributed by atoms with E-state index in [1.165, 1.54) is 0 Å². The van der Waals surface area contributed by atoms with Crippen LogP contribution in [-0.2, 0) is 0 Å². The number of benzene rings is 2. The van der Waals surface area contributed by atoms with Gasteiger partial charge in [0.2, 0.25) is 0 Å². The molecular formula is C19H26IN3O3. The molecule has 2 N–H and O–H groups in total. The molecule has 0 heterocycles. The summed E-state index contributed by atoms with van der Waals surface area (Å²) in [6.45, 7) is 3.83. The van der Waals surface area contributed by atoms with Gasteiger partial charge in [0, 0.05) is 18.3 Å². The number of ether oxygens (including phenoxy) is 3. The monoisotopic (exact) mass is 471 g/mol. The molecule has 0 aromatic heterocycles. The Kier molecular flexibility index (Phi) is 10.3. The van der Waals surface area contributed by atoms with E-state index in [-0.39, 0.29) is 24.0 Å². The summed E-state index contributed by atoms with van der Waals surface area (Å²) in [6.07, 6.45) is 0. The molecule has 0 radical (unpaired) electrons. The van der Waals surface area contributed by atoms with Crippen LogP contribution in [0.3, 0.4) is 0 Å². The van der Waals surface area contributed by atoms with E-state index in [9.17, 15) is 0 Å². The number of anilines is 1. The Labute approximate surface area is 172 Å². The van der Waals surface area contributed by atoms with Gasteiger partial charge in [0.05, 0.1) is 20.8 Å². The zero-order valence-corrected chi connectivity index (χ0v) is 17.7. The van der Waals surface area contributed by atoms with Crippen LogP contribution in [0.15, 0.2) is 53.5 Å². The lowest BCUT2D eigenvalue weighted by atomic mass is 10.3. The molecule has 2 aromatic rings. The van der Waals surface area contributed by atoms with E-state index in [0.717, 1.165) is 18.0 Å². The number of rotatable bonds is 8. The van der Waals surface area contributed by atoms with E-state index in [1.807, 2.05) is 55.5 Å². The number of guanidine groups is 1. The maximum Gasteiger partial charge on any atom is 0.195 e. The number of hydrogen-bond donors (Lipinski definition) is 2. The Bertz CT molecular complexity index is 681. The summed E-state index contributed by atoms with van der Waals surface area (Å²) in [6, 6.07) is 15.3. The van der Waals surface area contributed by atoms with Crippen molar-refractivity contribution in [3.63, 3.8) is 0 Å². The molecule has 0 saturated heterocycles. The van der Waals surface area contributed by atoms with Gasteiger partial charge < -0.3 is 24.8 Å². The number of aliphatic imine (C=N–C) groups is 1. The molecular weight excluding hydrogens is 445 g/mol. The molecule has 142 valence electrons. The summed E-state index contributed by atoms with van der Waals surface area (Å²) >= 11 is 0. The first-order chi connectivity index (χ1) is 12.3. The largest absolute Gasteiger partial charge is 0.493 e. The molecule has 0 amide bonds. The lowest BCUT2D eigenvalue weighted by Gasteiger charge is -2.14. The van der Waals surface area contributed by atoms with E-state index in [2.05, 4.69) is 15.6 Å². The third kappa shape index (κ3) is 6.99. The lowest BCUT2D eigenvalue weighted by Crippen LogP contribution is -2.31. The van der Waals surface area contributed by atoms with Crippen molar-refractivity contribution in [2.24, 2.45) is 4.99 Å². The van der Waals surface area contributed by atoms with Gasteiger partial charge in [-0.15, -0.1) is 24.0 Å². The third-order valence-electron chi connectivity index (χ3n) is 3.36. The highest BCUT2D eigenvalue weighted by Gasteiger charge is 2.06. The quantitative estimate of drug-likeness (QED) is 0.266. The molecule has 2 aromatic carbocycles. The Morgan fingerprint density at radius 2 is 1.73 bits per heavy atom. The highest BCUT2D eigenvalue weighted by Crippen LogP contribution is 2.29. The summed E-state index contributed by atoms with van der Waals surface area (Å²) in [7, 11) is 3.23. The maximum absolute atomic E-state index is 5.65. The van der Waals surface area contributed by atoms with Gasteiger partial charge in [-0.3, -0.25) is 0 Å². The molecule has 0 atom stereocenters. The first-order valence-electron chi connectivity index (χ1n) is 8.22. The topological polar surface area (TPSA) is 64.1 Å². The van der Waals surface area contributed by atoms with Crippen LogP contribution in [0, 0.1) is 0 Å². The average molecular weight is 471 g/mol. The fraction of sp³-hybridized carbons (Fsp3) is 0.316. The predicted molar refractivity (Wildman–Crippen MR) is 116 cm³/mol. The number of hydrogen-bond acceptors (Lipinski definition) is 4. The lowest BCUT2D eigenvalue weighted by molar-refractivity contribution is 0.328. The van der Waals surface area contributed by atoms with Gasteiger partial charge in [0.15, 0.2) is 17.5 Å². The van der Waals surface area contributed by atoms with Crippen molar-refractivity contribution in [1.82, 2.24) is 5.32 Å². The van der Waals surface area contributed by atoms with Crippen LogP contribution in [0.25, 0.3) is 0 Å². The van der Waals surface area contributed by atoms with Gasteiger partial charge >= 0.3 is 0 Å². The summed E-state index contributed by atoms with van der Waals surface area (Å²) in [5.41, 5.74) is 0.862. The molecule has 0 aliphatic carbocycles. The molecule has 0 unspecified atom stereocenters. The van der Waals surface area contributed by atoms with Crippen LogP contribution >= 0.6 is 24.0 Å². The molecule has 0 aliphatic rings. The number of methoxy groups -OCH3 is 2. The summed E-state index contributed by atoms with van der Waals surface area (Å²) in [4.78, 5) is 4.52. The van der Waals surface area contributed by atoms with Gasteiger partial charge in [-0.1, -0.05) is 18.2 Å². The minimum absolute atomic E-state index is 0. The van der Waals surface area contributed by atoms with Crippen LogP contribution in [0.4, 0.5) is 5.69 Å². The van der Waals surface area contributed by atoms with Crippen LogP contribution in [0.2, 0.25) is 0 Å².